The second-order valence-electron chi connectivity index (χ2n) is 5.28. The van der Waals surface area contributed by atoms with Crippen LogP contribution in [0.4, 0.5) is 4.79 Å². The molecule has 0 aliphatic heterocycles. The van der Waals surface area contributed by atoms with Gasteiger partial charge in [0.05, 0.1) is 6.61 Å². The van der Waals surface area contributed by atoms with Gasteiger partial charge < -0.3 is 30.2 Å². The van der Waals surface area contributed by atoms with Gasteiger partial charge in [-0.1, -0.05) is 6.07 Å². The first-order valence-electron chi connectivity index (χ1n) is 7.54. The van der Waals surface area contributed by atoms with E-state index in [-0.39, 0.29) is 24.5 Å². The molecule has 1 aromatic carbocycles. The molecule has 3 atom stereocenters. The highest BCUT2D eigenvalue weighted by Crippen LogP contribution is 2.25. The number of rotatable bonds is 7. The van der Waals surface area contributed by atoms with Gasteiger partial charge in [0.2, 0.25) is 0 Å². The summed E-state index contributed by atoms with van der Waals surface area (Å²) < 4.78 is 14.8. The topological polar surface area (TPSA) is 128 Å². The summed E-state index contributed by atoms with van der Waals surface area (Å²) in [6, 6.07) is 3.20. The Hall–Kier alpha value is -2.48. The maximum atomic E-state index is 12.0. The predicted octanol–water partition coefficient (Wildman–Crippen LogP) is 1.46. The molecule has 24 heavy (non-hydrogen) atoms. The maximum Gasteiger partial charge on any atom is 0.508 e. The molecule has 4 N–H and O–H groups in total. The first kappa shape index (κ1) is 19.6. The minimum absolute atomic E-state index is 0.118. The van der Waals surface area contributed by atoms with E-state index < -0.39 is 30.4 Å². The molecule has 1 aromatic rings. The van der Waals surface area contributed by atoms with E-state index in [0.29, 0.717) is 5.56 Å². The number of esters is 1. The molecule has 0 spiro atoms. The molecule has 0 radical (unpaired) electrons. The molecule has 1 rings (SSSR count). The highest BCUT2D eigenvalue weighted by molar-refractivity contribution is 5.76. The Morgan fingerprint density at radius 1 is 1.12 bits per heavy atom. The lowest BCUT2D eigenvalue weighted by molar-refractivity contribution is -0.155. The number of hydrogen-bond donors (Lipinski definition) is 3. The Labute approximate surface area is 140 Å². The summed E-state index contributed by atoms with van der Waals surface area (Å²) in [4.78, 5) is 23.2. The van der Waals surface area contributed by atoms with Crippen molar-refractivity contribution in [1.29, 1.82) is 0 Å². The second kappa shape index (κ2) is 8.97. The average Bonchev–Trinajstić information content (AvgIpc) is 2.50. The monoisotopic (exact) mass is 341 g/mol. The van der Waals surface area contributed by atoms with Crippen molar-refractivity contribution in [1.82, 2.24) is 0 Å². The zero-order valence-electron chi connectivity index (χ0n) is 13.9. The van der Waals surface area contributed by atoms with Crippen molar-refractivity contribution in [3.05, 3.63) is 23.8 Å². The minimum Gasteiger partial charge on any atom is -0.504 e. The third kappa shape index (κ3) is 5.96. The van der Waals surface area contributed by atoms with Gasteiger partial charge in [0, 0.05) is 0 Å². The molecule has 0 bridgehead atoms. The molecular formula is C16H23NO7. The molecule has 8 heteroatoms. The quantitative estimate of drug-likeness (QED) is 0.502. The van der Waals surface area contributed by atoms with Crippen molar-refractivity contribution in [2.45, 2.75) is 45.4 Å². The van der Waals surface area contributed by atoms with E-state index in [1.54, 1.807) is 20.8 Å². The molecule has 0 aliphatic carbocycles. The van der Waals surface area contributed by atoms with E-state index in [2.05, 4.69) is 4.74 Å². The van der Waals surface area contributed by atoms with Crippen molar-refractivity contribution in [2.75, 3.05) is 6.61 Å². The van der Waals surface area contributed by atoms with Gasteiger partial charge >= 0.3 is 12.1 Å². The lowest BCUT2D eigenvalue weighted by Gasteiger charge is -2.22. The van der Waals surface area contributed by atoms with Crippen LogP contribution in [0, 0.1) is 0 Å². The van der Waals surface area contributed by atoms with Gasteiger partial charge in [0.1, 0.15) is 18.2 Å². The van der Waals surface area contributed by atoms with Gasteiger partial charge in [-0.25, -0.2) is 4.79 Å². The fraction of sp³-hybridized carbons (Fsp3) is 0.500. The van der Waals surface area contributed by atoms with E-state index in [4.69, 9.17) is 15.2 Å². The molecule has 0 saturated carbocycles. The zero-order chi connectivity index (χ0) is 18.3. The first-order valence-corrected chi connectivity index (χ1v) is 7.54. The van der Waals surface area contributed by atoms with Gasteiger partial charge in [-0.2, -0.15) is 0 Å². The number of carbonyl (C=O) groups excluding carboxylic acids is 2. The zero-order valence-corrected chi connectivity index (χ0v) is 13.9. The van der Waals surface area contributed by atoms with Crippen LogP contribution >= 0.6 is 0 Å². The van der Waals surface area contributed by atoms with Crippen LogP contribution in [-0.4, -0.2) is 47.2 Å². The lowest BCUT2D eigenvalue weighted by Crippen LogP contribution is -2.39. The van der Waals surface area contributed by atoms with Crippen LogP contribution < -0.4 is 5.73 Å². The Balaban J connectivity index is 2.53. The van der Waals surface area contributed by atoms with Gasteiger partial charge in [-0.3, -0.25) is 4.79 Å². The summed E-state index contributed by atoms with van der Waals surface area (Å²) in [6.07, 6.45) is -2.12. The minimum atomic E-state index is -0.966. The average molecular weight is 341 g/mol. The third-order valence-electron chi connectivity index (χ3n) is 3.31. The molecule has 0 saturated heterocycles. The van der Waals surface area contributed by atoms with E-state index in [1.807, 2.05) is 0 Å². The largest absolute Gasteiger partial charge is 0.508 e. The highest BCUT2D eigenvalue weighted by atomic mass is 16.7. The molecular weight excluding hydrogens is 318 g/mol. The molecule has 0 aliphatic rings. The molecule has 134 valence electrons. The fourth-order valence-corrected chi connectivity index (χ4v) is 1.80. The van der Waals surface area contributed by atoms with Gasteiger partial charge in [-0.15, -0.1) is 0 Å². The third-order valence-corrected chi connectivity index (χ3v) is 3.31. The van der Waals surface area contributed by atoms with Gasteiger partial charge in [-0.05, 0) is 44.9 Å². The molecule has 0 unspecified atom stereocenters. The van der Waals surface area contributed by atoms with Gasteiger partial charge in [0.25, 0.3) is 0 Å². The summed E-state index contributed by atoms with van der Waals surface area (Å²) >= 11 is 0. The summed E-state index contributed by atoms with van der Waals surface area (Å²) in [5.74, 6) is -1.22. The molecule has 0 fully saturated rings. The fourth-order valence-electron chi connectivity index (χ4n) is 1.80. The van der Waals surface area contributed by atoms with Crippen LogP contribution in [0.1, 0.15) is 26.3 Å². The SMILES string of the molecule is CCOC(=O)O[C@H](C)[C@H](C)OC(=O)[C@@H](N)Cc1ccc(O)c(O)c1. The van der Waals surface area contributed by atoms with Crippen LogP contribution in [0.2, 0.25) is 0 Å². The Bertz CT molecular complexity index is 576. The molecule has 8 nitrogen and oxygen atoms in total. The lowest BCUT2D eigenvalue weighted by atomic mass is 10.1. The van der Waals surface area contributed by atoms with Crippen molar-refractivity contribution in [3.63, 3.8) is 0 Å². The molecule has 0 aromatic heterocycles. The number of benzene rings is 1. The summed E-state index contributed by atoms with van der Waals surface area (Å²) in [6.45, 7) is 4.97. The van der Waals surface area contributed by atoms with Crippen molar-refractivity contribution in [3.8, 4) is 11.5 Å². The van der Waals surface area contributed by atoms with E-state index in [9.17, 15) is 19.8 Å². The van der Waals surface area contributed by atoms with Crippen molar-refractivity contribution < 1.29 is 34.0 Å². The Morgan fingerprint density at radius 2 is 1.75 bits per heavy atom. The molecule has 0 amide bonds. The number of aromatic hydroxyl groups is 2. The summed E-state index contributed by atoms with van der Waals surface area (Å²) in [5, 5.41) is 18.7. The normalized spacial score (nSPS) is 14.3. The standard InChI is InChI=1S/C16H23NO7/c1-4-22-16(21)24-10(3)9(2)23-15(20)12(17)7-11-5-6-13(18)14(19)8-11/h5-6,8-10,12,18-19H,4,7,17H2,1-3H3/t9-,10+,12-/m0/s1. The summed E-state index contributed by atoms with van der Waals surface area (Å²) in [7, 11) is 0. The number of phenols is 2. The van der Waals surface area contributed by atoms with Crippen LogP contribution in [-0.2, 0) is 25.4 Å². The number of hydrogen-bond acceptors (Lipinski definition) is 8. The highest BCUT2D eigenvalue weighted by Gasteiger charge is 2.24. The van der Waals surface area contributed by atoms with Gasteiger partial charge in [0.15, 0.2) is 11.5 Å². The van der Waals surface area contributed by atoms with Crippen LogP contribution in [0.15, 0.2) is 18.2 Å². The molecule has 0 heterocycles. The van der Waals surface area contributed by atoms with Crippen molar-refractivity contribution in [2.24, 2.45) is 5.73 Å². The number of carbonyl (C=O) groups is 2. The maximum absolute atomic E-state index is 12.0. The smallest absolute Gasteiger partial charge is 0.504 e. The Kier molecular flexibility index (Phi) is 7.31. The predicted molar refractivity (Wildman–Crippen MR) is 84.6 cm³/mol. The van der Waals surface area contributed by atoms with Crippen molar-refractivity contribution >= 4 is 12.1 Å². The van der Waals surface area contributed by atoms with Crippen LogP contribution in [0.5, 0.6) is 11.5 Å². The number of ether oxygens (including phenoxy) is 3. The number of nitrogens with two attached hydrogens (primary N) is 1. The first-order chi connectivity index (χ1) is 11.2. The second-order valence-corrected chi connectivity index (χ2v) is 5.28. The Morgan fingerprint density at radius 3 is 2.33 bits per heavy atom. The van der Waals surface area contributed by atoms with E-state index in [1.165, 1.54) is 18.2 Å². The van der Waals surface area contributed by atoms with Crippen LogP contribution in [0.25, 0.3) is 0 Å². The van der Waals surface area contributed by atoms with E-state index >= 15 is 0 Å². The number of phenolic OH excluding ortho intramolecular Hbond substituents is 2. The van der Waals surface area contributed by atoms with Crippen LogP contribution in [0.3, 0.4) is 0 Å². The van der Waals surface area contributed by atoms with E-state index in [0.717, 1.165) is 0 Å². The summed E-state index contributed by atoms with van der Waals surface area (Å²) in [5.41, 5.74) is 6.35.